The Balaban J connectivity index is 2.14. The minimum atomic E-state index is -1.49. The van der Waals surface area contributed by atoms with E-state index in [1.807, 2.05) is 0 Å². The molecule has 0 radical (unpaired) electrons. The molecular weight excluding hydrogens is 510 g/mol. The van der Waals surface area contributed by atoms with E-state index in [1.165, 1.54) is 26.4 Å². The smallest absolute Gasteiger partial charge is 0.424 e. The molecule has 1 heterocycles. The first-order valence-electron chi connectivity index (χ1n) is 10.8. The van der Waals surface area contributed by atoms with Crippen LogP contribution in [0.5, 0.6) is 5.75 Å². The van der Waals surface area contributed by atoms with Gasteiger partial charge in [-0.2, -0.15) is 4.99 Å². The van der Waals surface area contributed by atoms with Gasteiger partial charge in [0.2, 0.25) is 6.54 Å². The number of amides is 1. The highest BCUT2D eigenvalue weighted by Crippen LogP contribution is 2.37. The summed E-state index contributed by atoms with van der Waals surface area (Å²) in [5, 5.41) is 10.9. The van der Waals surface area contributed by atoms with E-state index in [4.69, 9.17) is 25.5 Å². The van der Waals surface area contributed by atoms with E-state index >= 15 is 0 Å². The van der Waals surface area contributed by atoms with Crippen LogP contribution in [0.1, 0.15) is 11.6 Å². The van der Waals surface area contributed by atoms with Crippen molar-refractivity contribution in [3.8, 4) is 5.75 Å². The SMILES string of the molecule is [C-]#[N+]CCOC(=O)C1=C(COC)N=C(OC)N(C(=O)Oc2ccc([N+](=O)[O-])cc2)C1c1ccc(F)c(F)c1. The Morgan fingerprint density at radius 3 is 2.45 bits per heavy atom. The average molecular weight is 530 g/mol. The monoisotopic (exact) mass is 530 g/mol. The third kappa shape index (κ3) is 6.08. The fourth-order valence-corrected chi connectivity index (χ4v) is 3.48. The third-order valence-corrected chi connectivity index (χ3v) is 5.11. The normalized spacial score (nSPS) is 14.9. The van der Waals surface area contributed by atoms with Crippen molar-refractivity contribution in [2.45, 2.75) is 6.04 Å². The molecule has 0 saturated carbocycles. The molecule has 2 aromatic rings. The quantitative estimate of drug-likeness (QED) is 0.165. The molecule has 1 amide bonds. The van der Waals surface area contributed by atoms with Crippen LogP contribution in [0.2, 0.25) is 0 Å². The van der Waals surface area contributed by atoms with Crippen molar-refractivity contribution in [1.82, 2.24) is 4.90 Å². The molecule has 1 aliphatic rings. The second-order valence-corrected chi connectivity index (χ2v) is 7.47. The van der Waals surface area contributed by atoms with Crippen molar-refractivity contribution in [3.63, 3.8) is 0 Å². The van der Waals surface area contributed by atoms with Crippen LogP contribution in [0, 0.1) is 28.3 Å². The number of non-ortho nitro benzene ring substituents is 1. The van der Waals surface area contributed by atoms with Crippen molar-refractivity contribution in [2.24, 2.45) is 4.99 Å². The Labute approximate surface area is 214 Å². The Morgan fingerprint density at radius 1 is 1.16 bits per heavy atom. The maximum absolute atomic E-state index is 14.3. The maximum atomic E-state index is 14.3. The molecule has 1 atom stereocenters. The van der Waals surface area contributed by atoms with Crippen LogP contribution in [0.15, 0.2) is 58.7 Å². The first kappa shape index (κ1) is 27.7. The summed E-state index contributed by atoms with van der Waals surface area (Å²) in [5.74, 6) is -3.54. The van der Waals surface area contributed by atoms with Gasteiger partial charge in [-0.05, 0) is 29.8 Å². The van der Waals surface area contributed by atoms with E-state index in [1.54, 1.807) is 0 Å². The van der Waals surface area contributed by atoms with Gasteiger partial charge in [-0.25, -0.2) is 29.8 Å². The van der Waals surface area contributed by atoms with Crippen LogP contribution in [0.25, 0.3) is 4.85 Å². The number of carbonyl (C=O) groups is 2. The average Bonchev–Trinajstić information content (AvgIpc) is 2.90. The van der Waals surface area contributed by atoms with Gasteiger partial charge in [0.25, 0.3) is 5.69 Å². The highest BCUT2D eigenvalue weighted by Gasteiger charge is 2.43. The highest BCUT2D eigenvalue weighted by atomic mass is 19.2. The van der Waals surface area contributed by atoms with Gasteiger partial charge in [-0.1, -0.05) is 6.07 Å². The van der Waals surface area contributed by atoms with Crippen LogP contribution in [-0.2, 0) is 19.0 Å². The van der Waals surface area contributed by atoms with Crippen LogP contribution >= 0.6 is 0 Å². The van der Waals surface area contributed by atoms with E-state index < -0.39 is 34.7 Å². The van der Waals surface area contributed by atoms with E-state index in [0.717, 1.165) is 35.2 Å². The van der Waals surface area contributed by atoms with Gasteiger partial charge in [-0.3, -0.25) is 10.1 Å². The summed E-state index contributed by atoms with van der Waals surface area (Å²) in [6.07, 6.45) is -1.17. The lowest BCUT2D eigenvalue weighted by atomic mass is 9.94. The number of aliphatic imine (C=N–C) groups is 1. The first-order chi connectivity index (χ1) is 18.2. The molecule has 0 saturated heterocycles. The summed E-state index contributed by atoms with van der Waals surface area (Å²) in [5.41, 5.74) is -0.631. The minimum Gasteiger partial charge on any atom is -0.468 e. The van der Waals surface area contributed by atoms with Crippen LogP contribution in [0.4, 0.5) is 19.3 Å². The number of ether oxygens (including phenoxy) is 4. The fraction of sp³-hybridized carbons (Fsp3) is 0.250. The van der Waals surface area contributed by atoms with Gasteiger partial charge >= 0.3 is 18.1 Å². The van der Waals surface area contributed by atoms with E-state index in [9.17, 15) is 28.5 Å². The molecule has 38 heavy (non-hydrogen) atoms. The molecule has 0 N–H and O–H groups in total. The highest BCUT2D eigenvalue weighted by molar-refractivity contribution is 6.00. The molecule has 14 heteroatoms. The summed E-state index contributed by atoms with van der Waals surface area (Å²) in [6.45, 7) is 6.19. The van der Waals surface area contributed by atoms with Crippen molar-refractivity contribution >= 4 is 23.8 Å². The standard InChI is InChI=1S/C24H20F2N4O8/c1-27-10-11-37-22(31)20-19(13-35-2)28-23(36-3)29(21(20)14-4-9-17(25)18(26)12-14)24(32)38-16-7-5-15(6-8-16)30(33)34/h4-9,12,21H,10-11,13H2,2-3H3. The van der Waals surface area contributed by atoms with Gasteiger partial charge in [0.15, 0.2) is 18.2 Å². The van der Waals surface area contributed by atoms with Gasteiger partial charge in [0.1, 0.15) is 11.8 Å². The van der Waals surface area contributed by atoms with Crippen molar-refractivity contribution in [1.29, 1.82) is 0 Å². The summed E-state index contributed by atoms with van der Waals surface area (Å²) < 4.78 is 49.0. The Morgan fingerprint density at radius 2 is 1.87 bits per heavy atom. The second kappa shape index (κ2) is 12.4. The van der Waals surface area contributed by atoms with Crippen molar-refractivity contribution < 1.29 is 42.2 Å². The molecule has 2 aromatic carbocycles. The van der Waals surface area contributed by atoms with E-state index in [2.05, 4.69) is 9.84 Å². The number of carbonyl (C=O) groups excluding carboxylic acids is 2. The Hall–Kier alpha value is -4.90. The zero-order valence-corrected chi connectivity index (χ0v) is 20.1. The summed E-state index contributed by atoms with van der Waals surface area (Å²) in [4.78, 5) is 44.9. The summed E-state index contributed by atoms with van der Waals surface area (Å²) >= 11 is 0. The number of nitrogens with zero attached hydrogens (tertiary/aromatic N) is 4. The Bertz CT molecular complexity index is 1340. The molecule has 1 unspecified atom stereocenters. The van der Waals surface area contributed by atoms with Crippen molar-refractivity contribution in [3.05, 3.63) is 92.5 Å². The minimum absolute atomic E-state index is 0.0359. The zero-order chi connectivity index (χ0) is 27.8. The van der Waals surface area contributed by atoms with Crippen molar-refractivity contribution in [2.75, 3.05) is 34.0 Å². The number of hydrogen-bond acceptors (Lipinski definition) is 9. The lowest BCUT2D eigenvalue weighted by molar-refractivity contribution is -0.384. The molecule has 1 aliphatic heterocycles. The summed E-state index contributed by atoms with van der Waals surface area (Å²) in [7, 11) is 2.50. The topological polar surface area (TPSA) is 134 Å². The molecule has 0 aromatic heterocycles. The molecule has 0 bridgehead atoms. The lowest BCUT2D eigenvalue weighted by Gasteiger charge is -2.35. The van der Waals surface area contributed by atoms with Gasteiger partial charge in [0.05, 0.1) is 29.9 Å². The van der Waals surface area contributed by atoms with E-state index in [-0.39, 0.29) is 54.1 Å². The largest absolute Gasteiger partial charge is 0.468 e. The molecule has 12 nitrogen and oxygen atoms in total. The maximum Gasteiger partial charge on any atom is 0.424 e. The first-order valence-corrected chi connectivity index (χ1v) is 10.8. The molecule has 0 fully saturated rings. The van der Waals surface area contributed by atoms with E-state index in [0.29, 0.717) is 0 Å². The number of amidine groups is 1. The fourth-order valence-electron chi connectivity index (χ4n) is 3.48. The molecule has 198 valence electrons. The van der Waals surface area contributed by atoms with Crippen LogP contribution < -0.4 is 4.74 Å². The number of methoxy groups -OCH3 is 2. The predicted octanol–water partition coefficient (Wildman–Crippen LogP) is 3.79. The number of halogens is 2. The number of nitro benzene ring substituents is 1. The Kier molecular flexibility index (Phi) is 9.01. The van der Waals surface area contributed by atoms with Crippen LogP contribution in [-0.4, -0.2) is 61.9 Å². The predicted molar refractivity (Wildman–Crippen MR) is 126 cm³/mol. The second-order valence-electron chi connectivity index (χ2n) is 7.47. The number of benzene rings is 2. The molecule has 0 aliphatic carbocycles. The van der Waals surface area contributed by atoms with Gasteiger partial charge < -0.3 is 23.8 Å². The van der Waals surface area contributed by atoms with Crippen LogP contribution in [0.3, 0.4) is 0 Å². The zero-order valence-electron chi connectivity index (χ0n) is 20.1. The summed E-state index contributed by atoms with van der Waals surface area (Å²) in [6, 6.07) is 5.41. The number of rotatable bonds is 8. The third-order valence-electron chi connectivity index (χ3n) is 5.11. The molecular formula is C24H20F2N4O8. The number of hydrogen-bond donors (Lipinski definition) is 0. The van der Waals surface area contributed by atoms with Gasteiger partial charge in [0, 0.05) is 19.2 Å². The molecule has 0 spiro atoms. The number of esters is 1. The molecule has 3 rings (SSSR count). The lowest BCUT2D eigenvalue weighted by Crippen LogP contribution is -2.47. The number of nitro groups is 1. The van der Waals surface area contributed by atoms with Gasteiger partial charge in [-0.15, -0.1) is 0 Å².